The van der Waals surface area contributed by atoms with Gasteiger partial charge in [0, 0.05) is 18.2 Å². The second-order valence-electron chi connectivity index (χ2n) is 3.46. The van der Waals surface area contributed by atoms with E-state index in [9.17, 15) is 8.78 Å². The van der Waals surface area contributed by atoms with Crippen molar-refractivity contribution in [3.05, 3.63) is 23.8 Å². The molecule has 0 unspecified atom stereocenters. The van der Waals surface area contributed by atoms with Crippen LogP contribution < -0.4 is 14.8 Å². The number of halogens is 2. The van der Waals surface area contributed by atoms with Crippen LogP contribution in [-0.2, 0) is 6.54 Å². The fourth-order valence-electron chi connectivity index (χ4n) is 1.35. The highest BCUT2D eigenvalue weighted by Gasteiger charge is 2.09. The van der Waals surface area contributed by atoms with Crippen LogP contribution in [0, 0.1) is 0 Å². The van der Waals surface area contributed by atoms with Crippen LogP contribution in [0.3, 0.4) is 0 Å². The average Bonchev–Trinajstić information content (AvgIpc) is 2.34. The molecule has 0 aliphatic rings. The lowest BCUT2D eigenvalue weighted by Crippen LogP contribution is -2.14. The molecule has 0 aromatic heterocycles. The molecular weight excluding hydrogens is 228 g/mol. The summed E-state index contributed by atoms with van der Waals surface area (Å²) < 4.78 is 34.3. The first-order valence-corrected chi connectivity index (χ1v) is 5.46. The van der Waals surface area contributed by atoms with Gasteiger partial charge in [0.25, 0.3) is 6.43 Å². The highest BCUT2D eigenvalue weighted by atomic mass is 19.3. The van der Waals surface area contributed by atoms with Gasteiger partial charge in [-0.15, -0.1) is 0 Å². The molecule has 0 spiro atoms. The van der Waals surface area contributed by atoms with Crippen LogP contribution in [0.2, 0.25) is 0 Å². The highest BCUT2D eigenvalue weighted by Crippen LogP contribution is 2.25. The van der Waals surface area contributed by atoms with Gasteiger partial charge in [-0.2, -0.15) is 0 Å². The largest absolute Gasteiger partial charge is 0.497 e. The number of benzene rings is 1. The van der Waals surface area contributed by atoms with E-state index in [4.69, 9.17) is 9.47 Å². The molecule has 0 heterocycles. The van der Waals surface area contributed by atoms with Gasteiger partial charge in [0.05, 0.1) is 7.11 Å². The molecule has 0 fully saturated rings. The van der Waals surface area contributed by atoms with Gasteiger partial charge in [-0.05, 0) is 12.6 Å². The van der Waals surface area contributed by atoms with E-state index in [0.29, 0.717) is 18.0 Å². The Labute approximate surface area is 99.7 Å². The Balaban J connectivity index is 2.78. The lowest BCUT2D eigenvalue weighted by molar-refractivity contribution is 0.0812. The van der Waals surface area contributed by atoms with E-state index in [1.165, 1.54) is 7.11 Å². The molecule has 0 aliphatic heterocycles. The Kier molecular flexibility index (Phi) is 5.69. The second kappa shape index (κ2) is 7.06. The predicted molar refractivity (Wildman–Crippen MR) is 61.9 cm³/mol. The molecule has 0 radical (unpaired) electrons. The third kappa shape index (κ3) is 4.56. The zero-order valence-corrected chi connectivity index (χ0v) is 10.0. The fourth-order valence-corrected chi connectivity index (χ4v) is 1.35. The molecule has 0 amide bonds. The number of ether oxygens (including phenoxy) is 2. The van der Waals surface area contributed by atoms with Crippen molar-refractivity contribution < 1.29 is 18.3 Å². The first-order valence-electron chi connectivity index (χ1n) is 5.46. The van der Waals surface area contributed by atoms with Gasteiger partial charge in [0.2, 0.25) is 0 Å². The maximum Gasteiger partial charge on any atom is 0.272 e. The molecule has 1 N–H and O–H groups in total. The second-order valence-corrected chi connectivity index (χ2v) is 3.46. The lowest BCUT2D eigenvalue weighted by Gasteiger charge is -2.13. The quantitative estimate of drug-likeness (QED) is 0.800. The molecule has 0 saturated heterocycles. The van der Waals surface area contributed by atoms with E-state index >= 15 is 0 Å². The number of methoxy groups -OCH3 is 1. The molecular formula is C12H17F2NO2. The summed E-state index contributed by atoms with van der Waals surface area (Å²) >= 11 is 0. The summed E-state index contributed by atoms with van der Waals surface area (Å²) in [6.07, 6.45) is -2.48. The average molecular weight is 245 g/mol. The van der Waals surface area contributed by atoms with E-state index in [1.807, 2.05) is 13.0 Å². The first-order chi connectivity index (χ1) is 8.17. The topological polar surface area (TPSA) is 30.5 Å². The van der Waals surface area contributed by atoms with Crippen molar-refractivity contribution in [3.63, 3.8) is 0 Å². The van der Waals surface area contributed by atoms with Crippen molar-refractivity contribution in [1.29, 1.82) is 0 Å². The molecule has 1 rings (SSSR count). The third-order valence-corrected chi connectivity index (χ3v) is 2.20. The summed E-state index contributed by atoms with van der Waals surface area (Å²) in [7, 11) is 1.52. The van der Waals surface area contributed by atoms with Crippen LogP contribution in [0.4, 0.5) is 8.78 Å². The highest BCUT2D eigenvalue weighted by molar-refractivity contribution is 5.40. The summed E-state index contributed by atoms with van der Waals surface area (Å²) in [6.45, 7) is 2.76. The van der Waals surface area contributed by atoms with Crippen LogP contribution in [0.25, 0.3) is 0 Å². The van der Waals surface area contributed by atoms with Crippen LogP contribution in [0.5, 0.6) is 11.5 Å². The minimum atomic E-state index is -2.48. The Bertz CT molecular complexity index is 345. The molecule has 0 bridgehead atoms. The summed E-state index contributed by atoms with van der Waals surface area (Å²) in [4.78, 5) is 0. The zero-order chi connectivity index (χ0) is 12.7. The summed E-state index contributed by atoms with van der Waals surface area (Å²) in [5.41, 5.74) is 0.841. The van der Waals surface area contributed by atoms with Crippen molar-refractivity contribution in [3.8, 4) is 11.5 Å². The van der Waals surface area contributed by atoms with Gasteiger partial charge >= 0.3 is 0 Å². The number of hydrogen-bond donors (Lipinski definition) is 1. The molecule has 1 aromatic carbocycles. The summed E-state index contributed by atoms with van der Waals surface area (Å²) in [5, 5.41) is 3.12. The number of rotatable bonds is 7. The van der Waals surface area contributed by atoms with Gasteiger partial charge in [0.15, 0.2) is 0 Å². The Morgan fingerprint density at radius 1 is 1.35 bits per heavy atom. The van der Waals surface area contributed by atoms with Crippen molar-refractivity contribution in [2.24, 2.45) is 0 Å². The molecule has 96 valence electrons. The molecule has 17 heavy (non-hydrogen) atoms. The maximum atomic E-state index is 12.1. The normalized spacial score (nSPS) is 10.6. The predicted octanol–water partition coefficient (Wildman–Crippen LogP) is 2.45. The van der Waals surface area contributed by atoms with E-state index in [-0.39, 0.29) is 0 Å². The van der Waals surface area contributed by atoms with Gasteiger partial charge in [-0.1, -0.05) is 13.0 Å². The van der Waals surface area contributed by atoms with Crippen molar-refractivity contribution >= 4 is 0 Å². The van der Waals surface area contributed by atoms with Gasteiger partial charge in [-0.3, -0.25) is 0 Å². The zero-order valence-electron chi connectivity index (χ0n) is 10.0. The molecule has 3 nitrogen and oxygen atoms in total. The van der Waals surface area contributed by atoms with Crippen LogP contribution >= 0.6 is 0 Å². The smallest absolute Gasteiger partial charge is 0.272 e. The van der Waals surface area contributed by atoms with Crippen molar-refractivity contribution in [2.75, 3.05) is 20.3 Å². The standard InChI is InChI=1S/C12H17F2NO2/c1-3-15-7-9-4-5-10(16-2)6-11(9)17-8-12(13)14/h4-6,12,15H,3,7-8H2,1-2H3. The number of hydrogen-bond acceptors (Lipinski definition) is 3. The lowest BCUT2D eigenvalue weighted by atomic mass is 10.2. The molecule has 0 aliphatic carbocycles. The van der Waals surface area contributed by atoms with E-state index in [2.05, 4.69) is 5.32 Å². The third-order valence-electron chi connectivity index (χ3n) is 2.20. The monoisotopic (exact) mass is 245 g/mol. The minimum Gasteiger partial charge on any atom is -0.497 e. The van der Waals surface area contributed by atoms with Crippen LogP contribution in [0.1, 0.15) is 12.5 Å². The first kappa shape index (κ1) is 13.7. The number of nitrogens with one attached hydrogen (secondary N) is 1. The number of alkyl halides is 2. The van der Waals surface area contributed by atoms with E-state index < -0.39 is 13.0 Å². The SMILES string of the molecule is CCNCc1ccc(OC)cc1OCC(F)F. The minimum absolute atomic E-state index is 0.436. The van der Waals surface area contributed by atoms with Crippen molar-refractivity contribution in [1.82, 2.24) is 5.32 Å². The van der Waals surface area contributed by atoms with Gasteiger partial charge in [-0.25, -0.2) is 8.78 Å². The van der Waals surface area contributed by atoms with E-state index in [0.717, 1.165) is 12.1 Å². The van der Waals surface area contributed by atoms with Crippen molar-refractivity contribution in [2.45, 2.75) is 19.9 Å². The summed E-state index contributed by atoms with van der Waals surface area (Å²) in [5.74, 6) is 1.03. The Morgan fingerprint density at radius 2 is 2.12 bits per heavy atom. The van der Waals surface area contributed by atoms with Gasteiger partial charge < -0.3 is 14.8 Å². The summed E-state index contributed by atoms with van der Waals surface area (Å²) in [6, 6.07) is 5.21. The molecule has 1 aromatic rings. The maximum absolute atomic E-state index is 12.1. The molecule has 0 saturated carbocycles. The molecule has 5 heteroatoms. The Hall–Kier alpha value is -1.36. The fraction of sp³-hybridized carbons (Fsp3) is 0.500. The van der Waals surface area contributed by atoms with Gasteiger partial charge in [0.1, 0.15) is 18.1 Å². The van der Waals surface area contributed by atoms with Crippen LogP contribution in [0.15, 0.2) is 18.2 Å². The van der Waals surface area contributed by atoms with Crippen LogP contribution in [-0.4, -0.2) is 26.7 Å². The molecule has 0 atom stereocenters. The van der Waals surface area contributed by atoms with E-state index in [1.54, 1.807) is 12.1 Å². The Morgan fingerprint density at radius 3 is 2.71 bits per heavy atom.